The second-order valence-corrected chi connectivity index (χ2v) is 5.28. The lowest BCUT2D eigenvalue weighted by atomic mass is 10.1. The SMILES string of the molecule is COc1ccc(Br)c(CN2CCOCC2C(N)=O)c1. The fourth-order valence-electron chi connectivity index (χ4n) is 2.11. The average molecular weight is 329 g/mol. The maximum atomic E-state index is 11.4. The predicted octanol–water partition coefficient (Wildman–Crippen LogP) is 1.14. The van der Waals surface area contributed by atoms with E-state index < -0.39 is 0 Å². The Morgan fingerprint density at radius 3 is 3.11 bits per heavy atom. The van der Waals surface area contributed by atoms with Gasteiger partial charge in [0.25, 0.3) is 0 Å². The first-order valence-corrected chi connectivity index (χ1v) is 6.84. The molecule has 1 fully saturated rings. The van der Waals surface area contributed by atoms with Crippen molar-refractivity contribution in [1.29, 1.82) is 0 Å². The Morgan fingerprint density at radius 2 is 2.42 bits per heavy atom. The smallest absolute Gasteiger partial charge is 0.237 e. The molecule has 1 aromatic carbocycles. The van der Waals surface area contributed by atoms with Crippen molar-refractivity contribution in [3.63, 3.8) is 0 Å². The zero-order valence-electron chi connectivity index (χ0n) is 10.8. The van der Waals surface area contributed by atoms with Crippen molar-refractivity contribution in [2.45, 2.75) is 12.6 Å². The van der Waals surface area contributed by atoms with E-state index in [2.05, 4.69) is 15.9 Å². The Morgan fingerprint density at radius 1 is 1.63 bits per heavy atom. The van der Waals surface area contributed by atoms with Crippen molar-refractivity contribution in [1.82, 2.24) is 4.90 Å². The van der Waals surface area contributed by atoms with E-state index in [-0.39, 0.29) is 11.9 Å². The lowest BCUT2D eigenvalue weighted by Gasteiger charge is -2.33. The van der Waals surface area contributed by atoms with Gasteiger partial charge in [-0.1, -0.05) is 15.9 Å². The monoisotopic (exact) mass is 328 g/mol. The van der Waals surface area contributed by atoms with E-state index in [1.807, 2.05) is 23.1 Å². The lowest BCUT2D eigenvalue weighted by Crippen LogP contribution is -2.51. The number of rotatable bonds is 4. The molecule has 2 rings (SSSR count). The van der Waals surface area contributed by atoms with Crippen molar-refractivity contribution in [3.05, 3.63) is 28.2 Å². The molecule has 1 aliphatic rings. The molecule has 0 aliphatic carbocycles. The van der Waals surface area contributed by atoms with Crippen LogP contribution in [0.25, 0.3) is 0 Å². The van der Waals surface area contributed by atoms with Crippen LogP contribution in [0.1, 0.15) is 5.56 Å². The van der Waals surface area contributed by atoms with Crippen molar-refractivity contribution in [3.8, 4) is 5.75 Å². The van der Waals surface area contributed by atoms with Crippen LogP contribution in [0.5, 0.6) is 5.75 Å². The van der Waals surface area contributed by atoms with Crippen LogP contribution in [-0.2, 0) is 16.1 Å². The summed E-state index contributed by atoms with van der Waals surface area (Å²) >= 11 is 3.51. The minimum Gasteiger partial charge on any atom is -0.497 e. The van der Waals surface area contributed by atoms with Gasteiger partial charge >= 0.3 is 0 Å². The minimum atomic E-state index is -0.369. The fraction of sp³-hybridized carbons (Fsp3) is 0.462. The van der Waals surface area contributed by atoms with Crippen LogP contribution >= 0.6 is 15.9 Å². The Balaban J connectivity index is 2.16. The average Bonchev–Trinajstić information content (AvgIpc) is 2.41. The van der Waals surface area contributed by atoms with Gasteiger partial charge in [0.15, 0.2) is 0 Å². The van der Waals surface area contributed by atoms with Gasteiger partial charge in [-0.2, -0.15) is 0 Å². The second-order valence-electron chi connectivity index (χ2n) is 4.42. The summed E-state index contributed by atoms with van der Waals surface area (Å²) in [5.74, 6) is 0.445. The maximum absolute atomic E-state index is 11.4. The topological polar surface area (TPSA) is 64.8 Å². The Bertz CT molecular complexity index is 467. The number of carbonyl (C=O) groups excluding carboxylic acids is 1. The third-order valence-corrected chi connectivity index (χ3v) is 3.97. The standard InChI is InChI=1S/C13H17BrN2O3/c1-18-10-2-3-11(14)9(6-10)7-16-4-5-19-8-12(16)13(15)17/h2-3,6,12H,4-5,7-8H2,1H3,(H2,15,17). The highest BCUT2D eigenvalue weighted by Crippen LogP contribution is 2.25. The number of ether oxygens (including phenoxy) is 2. The van der Waals surface area contributed by atoms with E-state index in [1.165, 1.54) is 0 Å². The van der Waals surface area contributed by atoms with Gasteiger partial charge in [0, 0.05) is 17.6 Å². The number of hydrogen-bond donors (Lipinski definition) is 1. The Labute approximate surface area is 120 Å². The predicted molar refractivity (Wildman–Crippen MR) is 74.9 cm³/mol. The van der Waals surface area contributed by atoms with Gasteiger partial charge in [-0.15, -0.1) is 0 Å². The summed E-state index contributed by atoms with van der Waals surface area (Å²) in [6.07, 6.45) is 0. The number of halogens is 1. The highest BCUT2D eigenvalue weighted by atomic mass is 79.9. The molecule has 0 radical (unpaired) electrons. The zero-order valence-corrected chi connectivity index (χ0v) is 12.4. The van der Waals surface area contributed by atoms with E-state index in [0.717, 1.165) is 15.8 Å². The normalized spacial score (nSPS) is 20.2. The zero-order chi connectivity index (χ0) is 13.8. The number of primary amides is 1. The highest BCUT2D eigenvalue weighted by molar-refractivity contribution is 9.10. The van der Waals surface area contributed by atoms with Crippen LogP contribution in [0.2, 0.25) is 0 Å². The molecule has 1 heterocycles. The van der Waals surface area contributed by atoms with Crippen LogP contribution in [0.4, 0.5) is 0 Å². The maximum Gasteiger partial charge on any atom is 0.237 e. The van der Waals surface area contributed by atoms with Crippen molar-refractivity contribution in [2.24, 2.45) is 5.73 Å². The molecule has 1 unspecified atom stereocenters. The summed E-state index contributed by atoms with van der Waals surface area (Å²) in [7, 11) is 1.63. The van der Waals surface area contributed by atoms with Gasteiger partial charge < -0.3 is 15.2 Å². The number of nitrogens with zero attached hydrogens (tertiary/aromatic N) is 1. The van der Waals surface area contributed by atoms with E-state index >= 15 is 0 Å². The summed E-state index contributed by atoms with van der Waals surface area (Å²) in [6, 6.07) is 5.41. The first-order valence-electron chi connectivity index (χ1n) is 6.05. The molecule has 104 valence electrons. The van der Waals surface area contributed by atoms with Crippen molar-refractivity contribution >= 4 is 21.8 Å². The van der Waals surface area contributed by atoms with E-state index in [1.54, 1.807) is 7.11 Å². The van der Waals surface area contributed by atoms with E-state index in [4.69, 9.17) is 15.2 Å². The molecule has 0 spiro atoms. The fourth-order valence-corrected chi connectivity index (χ4v) is 2.48. The summed E-state index contributed by atoms with van der Waals surface area (Å²) in [4.78, 5) is 13.5. The van der Waals surface area contributed by atoms with Gasteiger partial charge in [0.05, 0.1) is 20.3 Å². The van der Waals surface area contributed by atoms with Crippen LogP contribution < -0.4 is 10.5 Å². The van der Waals surface area contributed by atoms with Gasteiger partial charge in [0.1, 0.15) is 11.8 Å². The molecule has 1 atom stereocenters. The molecule has 0 bridgehead atoms. The Hall–Kier alpha value is -1.11. The number of carbonyl (C=O) groups is 1. The molecule has 1 saturated heterocycles. The molecule has 0 saturated carbocycles. The van der Waals surface area contributed by atoms with Gasteiger partial charge in [-0.05, 0) is 23.8 Å². The van der Waals surface area contributed by atoms with Crippen LogP contribution in [0.3, 0.4) is 0 Å². The highest BCUT2D eigenvalue weighted by Gasteiger charge is 2.28. The van der Waals surface area contributed by atoms with Gasteiger partial charge in [-0.25, -0.2) is 0 Å². The number of hydrogen-bond acceptors (Lipinski definition) is 4. The van der Waals surface area contributed by atoms with Crippen LogP contribution in [0, 0.1) is 0 Å². The molecular formula is C13H17BrN2O3. The minimum absolute atomic E-state index is 0.348. The lowest BCUT2D eigenvalue weighted by molar-refractivity contribution is -0.129. The quantitative estimate of drug-likeness (QED) is 0.900. The molecule has 0 aromatic heterocycles. The summed E-state index contributed by atoms with van der Waals surface area (Å²) in [5.41, 5.74) is 6.47. The summed E-state index contributed by atoms with van der Waals surface area (Å²) in [5, 5.41) is 0. The number of benzene rings is 1. The summed E-state index contributed by atoms with van der Waals surface area (Å²) in [6.45, 7) is 2.30. The third kappa shape index (κ3) is 3.46. The molecule has 1 aliphatic heterocycles. The number of morpholine rings is 1. The molecule has 19 heavy (non-hydrogen) atoms. The van der Waals surface area contributed by atoms with E-state index in [9.17, 15) is 4.79 Å². The van der Waals surface area contributed by atoms with E-state index in [0.29, 0.717) is 26.3 Å². The largest absolute Gasteiger partial charge is 0.497 e. The molecule has 1 aromatic rings. The molecular weight excluding hydrogens is 312 g/mol. The van der Waals surface area contributed by atoms with Crippen LogP contribution in [0.15, 0.2) is 22.7 Å². The third-order valence-electron chi connectivity index (χ3n) is 3.19. The van der Waals surface area contributed by atoms with Crippen LogP contribution in [-0.4, -0.2) is 43.7 Å². The molecule has 5 nitrogen and oxygen atoms in total. The van der Waals surface area contributed by atoms with Gasteiger partial charge in [-0.3, -0.25) is 9.69 Å². The number of methoxy groups -OCH3 is 1. The van der Waals surface area contributed by atoms with Gasteiger partial charge in [0.2, 0.25) is 5.91 Å². The number of amides is 1. The summed E-state index contributed by atoms with van der Waals surface area (Å²) < 4.78 is 11.5. The van der Waals surface area contributed by atoms with Crippen molar-refractivity contribution in [2.75, 3.05) is 26.9 Å². The molecule has 2 N–H and O–H groups in total. The first kappa shape index (κ1) is 14.3. The molecule has 6 heteroatoms. The second kappa shape index (κ2) is 6.36. The molecule has 1 amide bonds. The Kier molecular flexibility index (Phi) is 4.79. The number of nitrogens with two attached hydrogens (primary N) is 1. The first-order chi connectivity index (χ1) is 9.11. The van der Waals surface area contributed by atoms with Crippen molar-refractivity contribution < 1.29 is 14.3 Å².